The predicted molar refractivity (Wildman–Crippen MR) is 54.8 cm³/mol. The maximum atomic E-state index is 10.5. The number of likely N-dealkylation sites (tertiary alicyclic amines) is 1. The van der Waals surface area contributed by atoms with Crippen LogP contribution in [0.25, 0.3) is 0 Å². The van der Waals surface area contributed by atoms with E-state index in [-0.39, 0.29) is 5.91 Å². The second kappa shape index (κ2) is 4.28. The molecule has 0 bridgehead atoms. The van der Waals surface area contributed by atoms with E-state index in [9.17, 15) is 4.79 Å². The molecule has 1 heterocycles. The van der Waals surface area contributed by atoms with E-state index in [1.807, 2.05) is 0 Å². The number of nitrogens with two attached hydrogens (primary N) is 1. The van der Waals surface area contributed by atoms with Crippen molar-refractivity contribution in [2.24, 2.45) is 11.7 Å². The Balaban J connectivity index is 1.60. The van der Waals surface area contributed by atoms with Crippen LogP contribution < -0.4 is 11.1 Å². The van der Waals surface area contributed by atoms with E-state index in [2.05, 4.69) is 10.2 Å². The van der Waals surface area contributed by atoms with Crippen LogP contribution in [0.4, 0.5) is 0 Å². The molecule has 2 fully saturated rings. The molecule has 0 aromatic heterocycles. The number of nitrogens with zero attached hydrogens (tertiary/aromatic N) is 1. The van der Waals surface area contributed by atoms with Crippen LogP contribution >= 0.6 is 0 Å². The van der Waals surface area contributed by atoms with Gasteiger partial charge in [-0.3, -0.25) is 4.79 Å². The van der Waals surface area contributed by atoms with Crippen molar-refractivity contribution in [1.29, 1.82) is 0 Å². The summed E-state index contributed by atoms with van der Waals surface area (Å²) in [4.78, 5) is 13.1. The van der Waals surface area contributed by atoms with Gasteiger partial charge in [0.1, 0.15) is 0 Å². The summed E-state index contributed by atoms with van der Waals surface area (Å²) < 4.78 is 0. The van der Waals surface area contributed by atoms with Gasteiger partial charge in [0, 0.05) is 12.6 Å². The van der Waals surface area contributed by atoms with Gasteiger partial charge in [-0.2, -0.15) is 0 Å². The molecular weight excluding hydrogens is 178 g/mol. The number of carbonyl (C=O) groups is 1. The highest BCUT2D eigenvalue weighted by molar-refractivity contribution is 5.75. The molecule has 0 aromatic carbocycles. The van der Waals surface area contributed by atoms with E-state index >= 15 is 0 Å². The summed E-state index contributed by atoms with van der Waals surface area (Å²) in [5.74, 6) is 0.456. The molecule has 1 amide bonds. The van der Waals surface area contributed by atoms with E-state index in [1.54, 1.807) is 0 Å². The van der Waals surface area contributed by atoms with Crippen molar-refractivity contribution in [3.05, 3.63) is 0 Å². The number of hydrogen-bond acceptors (Lipinski definition) is 3. The van der Waals surface area contributed by atoms with Gasteiger partial charge in [0.2, 0.25) is 5.91 Å². The van der Waals surface area contributed by atoms with Gasteiger partial charge in [-0.1, -0.05) is 0 Å². The van der Waals surface area contributed by atoms with Crippen molar-refractivity contribution >= 4 is 5.91 Å². The van der Waals surface area contributed by atoms with Crippen molar-refractivity contribution in [3.63, 3.8) is 0 Å². The predicted octanol–water partition coefficient (Wildman–Crippen LogP) is -0.454. The highest BCUT2D eigenvalue weighted by atomic mass is 16.1. The minimum atomic E-state index is -0.262. The molecule has 1 saturated heterocycles. The summed E-state index contributed by atoms with van der Waals surface area (Å²) in [6, 6.07) is 0.885. The van der Waals surface area contributed by atoms with Crippen molar-refractivity contribution in [1.82, 2.24) is 10.2 Å². The molecule has 4 heteroatoms. The maximum Gasteiger partial charge on any atom is 0.231 e. The third kappa shape index (κ3) is 2.69. The Morgan fingerprint density at radius 1 is 1.43 bits per heavy atom. The van der Waals surface area contributed by atoms with Gasteiger partial charge in [0.05, 0.1) is 6.54 Å². The summed E-state index contributed by atoms with van der Waals surface area (Å²) >= 11 is 0. The molecule has 1 unspecified atom stereocenters. The second-order valence-electron chi connectivity index (χ2n) is 4.48. The quantitative estimate of drug-likeness (QED) is 0.627. The summed E-state index contributed by atoms with van der Waals surface area (Å²) in [6.07, 6.45) is 4.05. The zero-order valence-corrected chi connectivity index (χ0v) is 8.54. The van der Waals surface area contributed by atoms with E-state index in [4.69, 9.17) is 5.73 Å². The largest absolute Gasteiger partial charge is 0.369 e. The van der Waals surface area contributed by atoms with Crippen LogP contribution in [0.15, 0.2) is 0 Å². The zero-order chi connectivity index (χ0) is 9.97. The van der Waals surface area contributed by atoms with Gasteiger partial charge < -0.3 is 16.0 Å². The number of rotatable bonds is 5. The fourth-order valence-corrected chi connectivity index (χ4v) is 2.20. The molecular formula is C10H19N3O. The maximum absolute atomic E-state index is 10.5. The molecule has 80 valence electrons. The molecule has 1 atom stereocenters. The Bertz CT molecular complexity index is 215. The molecule has 2 rings (SSSR count). The van der Waals surface area contributed by atoms with Crippen LogP contribution in [-0.2, 0) is 4.79 Å². The summed E-state index contributed by atoms with van der Waals surface area (Å²) in [7, 11) is 0. The first-order chi connectivity index (χ1) is 6.75. The Morgan fingerprint density at radius 3 is 2.86 bits per heavy atom. The fraction of sp³-hybridized carbons (Fsp3) is 0.900. The molecule has 1 aliphatic carbocycles. The first kappa shape index (κ1) is 9.93. The van der Waals surface area contributed by atoms with Crippen molar-refractivity contribution in [2.45, 2.75) is 25.3 Å². The Labute approximate surface area is 84.8 Å². The number of primary amides is 1. The van der Waals surface area contributed by atoms with E-state index < -0.39 is 0 Å². The van der Waals surface area contributed by atoms with Crippen LogP contribution in [0.2, 0.25) is 0 Å². The van der Waals surface area contributed by atoms with Gasteiger partial charge in [-0.05, 0) is 38.3 Å². The minimum absolute atomic E-state index is 0.262. The molecule has 14 heavy (non-hydrogen) atoms. The number of nitrogens with one attached hydrogen (secondary N) is 1. The third-order valence-corrected chi connectivity index (χ3v) is 3.11. The smallest absolute Gasteiger partial charge is 0.231 e. The number of amides is 1. The van der Waals surface area contributed by atoms with Gasteiger partial charge in [0.15, 0.2) is 0 Å². The average Bonchev–Trinajstić information content (AvgIpc) is 2.87. The summed E-state index contributed by atoms with van der Waals surface area (Å²) in [6.45, 7) is 3.70. The van der Waals surface area contributed by atoms with Crippen LogP contribution in [0.3, 0.4) is 0 Å². The molecule has 1 aliphatic heterocycles. The van der Waals surface area contributed by atoms with Crippen molar-refractivity contribution in [3.8, 4) is 0 Å². The monoisotopic (exact) mass is 197 g/mol. The van der Waals surface area contributed by atoms with Crippen molar-refractivity contribution < 1.29 is 4.79 Å². The molecule has 4 nitrogen and oxygen atoms in total. The van der Waals surface area contributed by atoms with E-state index in [1.165, 1.54) is 32.4 Å². The third-order valence-electron chi connectivity index (χ3n) is 3.11. The molecule has 0 radical (unpaired) electrons. The first-order valence-electron chi connectivity index (χ1n) is 5.49. The van der Waals surface area contributed by atoms with Crippen LogP contribution in [0.5, 0.6) is 0 Å². The van der Waals surface area contributed by atoms with Gasteiger partial charge in [-0.15, -0.1) is 0 Å². The fourth-order valence-electron chi connectivity index (χ4n) is 2.20. The van der Waals surface area contributed by atoms with Crippen molar-refractivity contribution in [2.75, 3.05) is 26.2 Å². The molecule has 0 aromatic rings. The lowest BCUT2D eigenvalue weighted by molar-refractivity contribution is -0.117. The Kier molecular flexibility index (Phi) is 3.03. The summed E-state index contributed by atoms with van der Waals surface area (Å²) in [5, 5.41) is 3.11. The van der Waals surface area contributed by atoms with Crippen LogP contribution in [0, 0.1) is 5.92 Å². The Hall–Kier alpha value is -0.610. The standard InChI is InChI=1S/C10H19N3O/c11-10(14)6-12-5-8-3-4-13(7-8)9-1-2-9/h8-9,12H,1-7H2,(H2,11,14). The zero-order valence-electron chi connectivity index (χ0n) is 8.54. The minimum Gasteiger partial charge on any atom is -0.369 e. The van der Waals surface area contributed by atoms with Crippen LogP contribution in [0.1, 0.15) is 19.3 Å². The summed E-state index contributed by atoms with van der Waals surface area (Å²) in [5.41, 5.74) is 5.05. The molecule has 1 saturated carbocycles. The van der Waals surface area contributed by atoms with E-state index in [0.29, 0.717) is 6.54 Å². The second-order valence-corrected chi connectivity index (χ2v) is 4.48. The van der Waals surface area contributed by atoms with E-state index in [0.717, 1.165) is 18.5 Å². The molecule has 2 aliphatic rings. The average molecular weight is 197 g/mol. The lowest BCUT2D eigenvalue weighted by Gasteiger charge is -2.14. The number of carbonyl (C=O) groups excluding carboxylic acids is 1. The molecule has 3 N–H and O–H groups in total. The highest BCUT2D eigenvalue weighted by Gasteiger charge is 2.33. The van der Waals surface area contributed by atoms with Gasteiger partial charge >= 0.3 is 0 Å². The molecule has 0 spiro atoms. The highest BCUT2D eigenvalue weighted by Crippen LogP contribution is 2.31. The SMILES string of the molecule is NC(=O)CNCC1CCN(C2CC2)C1. The lowest BCUT2D eigenvalue weighted by atomic mass is 10.1. The van der Waals surface area contributed by atoms with Gasteiger partial charge in [-0.25, -0.2) is 0 Å². The Morgan fingerprint density at radius 2 is 2.21 bits per heavy atom. The number of hydrogen-bond donors (Lipinski definition) is 2. The normalized spacial score (nSPS) is 28.1. The van der Waals surface area contributed by atoms with Crippen LogP contribution in [-0.4, -0.2) is 43.0 Å². The van der Waals surface area contributed by atoms with Gasteiger partial charge in [0.25, 0.3) is 0 Å². The topological polar surface area (TPSA) is 58.4 Å². The first-order valence-corrected chi connectivity index (χ1v) is 5.49. The lowest BCUT2D eigenvalue weighted by Crippen LogP contribution is -2.33.